The van der Waals surface area contributed by atoms with Crippen LogP contribution in [0.2, 0.25) is 0 Å². The van der Waals surface area contributed by atoms with Crippen LogP contribution in [0.15, 0.2) is 29.3 Å². The molecule has 5 nitrogen and oxygen atoms in total. The third-order valence-electron chi connectivity index (χ3n) is 2.34. The Morgan fingerprint density at radius 2 is 1.95 bits per heavy atom. The summed E-state index contributed by atoms with van der Waals surface area (Å²) in [6, 6.07) is 7.84. The Labute approximate surface area is 132 Å². The van der Waals surface area contributed by atoms with Crippen molar-refractivity contribution in [2.75, 3.05) is 0 Å². The summed E-state index contributed by atoms with van der Waals surface area (Å²) < 4.78 is 5.18. The number of amidine groups is 1. The van der Waals surface area contributed by atoms with E-state index in [9.17, 15) is 4.79 Å². The summed E-state index contributed by atoms with van der Waals surface area (Å²) >= 11 is 0. The van der Waals surface area contributed by atoms with Gasteiger partial charge in [-0.1, -0.05) is 24.3 Å². The molecule has 6 heteroatoms. The number of rotatable bonds is 4. The number of nitrogens with two attached hydrogens (primary N) is 1. The zero-order valence-electron chi connectivity index (χ0n) is 13.0. The fourth-order valence-electron chi connectivity index (χ4n) is 1.54. The second-order valence-electron chi connectivity index (χ2n) is 5.63. The van der Waals surface area contributed by atoms with Gasteiger partial charge in [-0.2, -0.15) is 0 Å². The number of alkyl carbamates (subject to hydrolysis) is 1. The van der Waals surface area contributed by atoms with E-state index in [0.717, 1.165) is 11.1 Å². The van der Waals surface area contributed by atoms with E-state index in [2.05, 4.69) is 10.3 Å². The van der Waals surface area contributed by atoms with Crippen molar-refractivity contribution in [3.05, 3.63) is 35.4 Å². The molecule has 1 rings (SSSR count). The van der Waals surface area contributed by atoms with Gasteiger partial charge in [-0.3, -0.25) is 4.99 Å². The maximum Gasteiger partial charge on any atom is 0.407 e. The standard InChI is InChI=1S/C15H23N3O2.ClH/c1-11(16)17-9-12-6-5-7-13(8-12)10-18-14(19)20-15(2,3)4;/h5-8H,9-10H2,1-4H3,(H2,16,17)(H,18,19);1H. The molecule has 0 radical (unpaired) electrons. The first kappa shape index (κ1) is 19.2. The SMILES string of the molecule is CC(N)=NCc1cccc(CNC(=O)OC(C)(C)C)c1.Cl. The first-order valence-corrected chi connectivity index (χ1v) is 6.57. The number of carbonyl (C=O) groups is 1. The number of aliphatic imine (C=N–C) groups is 1. The molecule has 0 aliphatic heterocycles. The number of amides is 1. The molecule has 0 aliphatic rings. The van der Waals surface area contributed by atoms with Gasteiger partial charge in [0.15, 0.2) is 0 Å². The van der Waals surface area contributed by atoms with Crippen molar-refractivity contribution in [3.8, 4) is 0 Å². The zero-order chi connectivity index (χ0) is 15.2. The summed E-state index contributed by atoms with van der Waals surface area (Å²) in [5.74, 6) is 0.558. The van der Waals surface area contributed by atoms with Crippen LogP contribution in [-0.4, -0.2) is 17.5 Å². The number of halogens is 1. The molecule has 1 aromatic rings. The van der Waals surface area contributed by atoms with Gasteiger partial charge in [0.05, 0.1) is 12.4 Å². The van der Waals surface area contributed by atoms with Crippen LogP contribution in [0.1, 0.15) is 38.8 Å². The summed E-state index contributed by atoms with van der Waals surface area (Å²) in [5, 5.41) is 2.73. The number of hydrogen-bond donors (Lipinski definition) is 2. The number of carbonyl (C=O) groups excluding carboxylic acids is 1. The average molecular weight is 314 g/mol. The first-order chi connectivity index (χ1) is 9.26. The quantitative estimate of drug-likeness (QED) is 0.662. The van der Waals surface area contributed by atoms with Crippen molar-refractivity contribution in [1.29, 1.82) is 0 Å². The summed E-state index contributed by atoms with van der Waals surface area (Å²) in [4.78, 5) is 15.7. The molecule has 0 spiro atoms. The Balaban J connectivity index is 0.00000400. The molecule has 0 unspecified atom stereocenters. The van der Waals surface area contributed by atoms with Gasteiger partial charge < -0.3 is 15.8 Å². The topological polar surface area (TPSA) is 76.7 Å². The molecule has 1 amide bonds. The molecule has 118 valence electrons. The minimum Gasteiger partial charge on any atom is -0.444 e. The smallest absolute Gasteiger partial charge is 0.407 e. The molecule has 21 heavy (non-hydrogen) atoms. The lowest BCUT2D eigenvalue weighted by molar-refractivity contribution is 0.0523. The highest BCUT2D eigenvalue weighted by Gasteiger charge is 2.15. The van der Waals surface area contributed by atoms with Crippen LogP contribution < -0.4 is 11.1 Å². The van der Waals surface area contributed by atoms with Crippen LogP contribution in [0.5, 0.6) is 0 Å². The predicted octanol–water partition coefficient (Wildman–Crippen LogP) is 3.01. The Bertz CT molecular complexity index is 492. The minimum absolute atomic E-state index is 0. The molecule has 0 aliphatic carbocycles. The van der Waals surface area contributed by atoms with Gasteiger partial charge in [0, 0.05) is 6.54 Å². The van der Waals surface area contributed by atoms with E-state index in [4.69, 9.17) is 10.5 Å². The van der Waals surface area contributed by atoms with Crippen LogP contribution in [-0.2, 0) is 17.8 Å². The molecule has 1 aromatic carbocycles. The van der Waals surface area contributed by atoms with Crippen molar-refractivity contribution in [3.63, 3.8) is 0 Å². The Hall–Kier alpha value is -1.75. The van der Waals surface area contributed by atoms with E-state index in [1.165, 1.54) is 0 Å². The number of nitrogens with zero attached hydrogens (tertiary/aromatic N) is 1. The van der Waals surface area contributed by atoms with Gasteiger partial charge in [0.25, 0.3) is 0 Å². The molecule has 0 bridgehead atoms. The molecule has 0 heterocycles. The third-order valence-corrected chi connectivity index (χ3v) is 2.34. The molecule has 0 aromatic heterocycles. The minimum atomic E-state index is -0.487. The molecule has 0 atom stereocenters. The lowest BCUT2D eigenvalue weighted by Crippen LogP contribution is -2.32. The van der Waals surface area contributed by atoms with Crippen molar-refractivity contribution < 1.29 is 9.53 Å². The summed E-state index contributed by atoms with van der Waals surface area (Å²) in [6.07, 6.45) is -0.418. The monoisotopic (exact) mass is 313 g/mol. The summed E-state index contributed by atoms with van der Waals surface area (Å²) in [7, 11) is 0. The van der Waals surface area contributed by atoms with E-state index in [1.54, 1.807) is 6.92 Å². The molecular formula is C15H24ClN3O2. The zero-order valence-corrected chi connectivity index (χ0v) is 13.8. The van der Waals surface area contributed by atoms with Crippen molar-refractivity contribution >= 4 is 24.3 Å². The van der Waals surface area contributed by atoms with Gasteiger partial charge in [-0.25, -0.2) is 4.79 Å². The molecule has 0 fully saturated rings. The lowest BCUT2D eigenvalue weighted by Gasteiger charge is -2.19. The van der Waals surface area contributed by atoms with E-state index in [1.807, 2.05) is 45.0 Å². The second-order valence-corrected chi connectivity index (χ2v) is 5.63. The van der Waals surface area contributed by atoms with Crippen LogP contribution in [0, 0.1) is 0 Å². The second kappa shape index (κ2) is 8.52. The fourth-order valence-corrected chi connectivity index (χ4v) is 1.54. The van der Waals surface area contributed by atoms with Gasteiger partial charge in [-0.05, 0) is 38.8 Å². The average Bonchev–Trinajstić information content (AvgIpc) is 2.32. The fraction of sp³-hybridized carbons (Fsp3) is 0.467. The molecular weight excluding hydrogens is 290 g/mol. The van der Waals surface area contributed by atoms with E-state index < -0.39 is 11.7 Å². The van der Waals surface area contributed by atoms with Gasteiger partial charge in [0.2, 0.25) is 0 Å². The number of benzene rings is 1. The highest BCUT2D eigenvalue weighted by Crippen LogP contribution is 2.09. The van der Waals surface area contributed by atoms with E-state index in [-0.39, 0.29) is 12.4 Å². The Morgan fingerprint density at radius 1 is 1.33 bits per heavy atom. The van der Waals surface area contributed by atoms with Crippen molar-refractivity contribution in [2.45, 2.75) is 46.4 Å². The third kappa shape index (κ3) is 8.92. The Morgan fingerprint density at radius 3 is 2.52 bits per heavy atom. The highest BCUT2D eigenvalue weighted by atomic mass is 35.5. The summed E-state index contributed by atoms with van der Waals surface area (Å²) in [5.41, 5.74) is 7.08. The predicted molar refractivity (Wildman–Crippen MR) is 87.8 cm³/mol. The van der Waals surface area contributed by atoms with Gasteiger partial charge >= 0.3 is 6.09 Å². The highest BCUT2D eigenvalue weighted by molar-refractivity contribution is 5.85. The number of hydrogen-bond acceptors (Lipinski definition) is 3. The van der Waals surface area contributed by atoms with Crippen molar-refractivity contribution in [2.24, 2.45) is 10.7 Å². The van der Waals surface area contributed by atoms with E-state index in [0.29, 0.717) is 18.9 Å². The van der Waals surface area contributed by atoms with Crippen LogP contribution in [0.3, 0.4) is 0 Å². The van der Waals surface area contributed by atoms with Crippen LogP contribution >= 0.6 is 12.4 Å². The molecule has 0 saturated carbocycles. The normalized spacial score (nSPS) is 11.5. The van der Waals surface area contributed by atoms with Crippen LogP contribution in [0.25, 0.3) is 0 Å². The maximum absolute atomic E-state index is 11.6. The van der Waals surface area contributed by atoms with Crippen LogP contribution in [0.4, 0.5) is 4.79 Å². The number of nitrogens with one attached hydrogen (secondary N) is 1. The van der Waals surface area contributed by atoms with Gasteiger partial charge in [0.1, 0.15) is 5.60 Å². The maximum atomic E-state index is 11.6. The first-order valence-electron chi connectivity index (χ1n) is 6.57. The van der Waals surface area contributed by atoms with Gasteiger partial charge in [-0.15, -0.1) is 12.4 Å². The molecule has 3 N–H and O–H groups in total. The van der Waals surface area contributed by atoms with Crippen molar-refractivity contribution in [1.82, 2.24) is 5.32 Å². The number of ether oxygens (including phenoxy) is 1. The largest absolute Gasteiger partial charge is 0.444 e. The summed E-state index contributed by atoms with van der Waals surface area (Å²) in [6.45, 7) is 8.23. The lowest BCUT2D eigenvalue weighted by atomic mass is 10.1. The molecule has 0 saturated heterocycles. The Kier molecular flexibility index (Phi) is 7.81. The van der Waals surface area contributed by atoms with E-state index >= 15 is 0 Å².